The van der Waals surface area contributed by atoms with Gasteiger partial charge in [0, 0.05) is 31.1 Å². The lowest BCUT2D eigenvalue weighted by molar-refractivity contribution is 0.404. The van der Waals surface area contributed by atoms with Gasteiger partial charge in [-0.3, -0.25) is 4.99 Å². The van der Waals surface area contributed by atoms with Crippen LogP contribution in [0.25, 0.3) is 0 Å². The minimum absolute atomic E-state index is 0. The number of methoxy groups -OCH3 is 1. The van der Waals surface area contributed by atoms with Gasteiger partial charge in [0.2, 0.25) is 0 Å². The minimum Gasteiger partial charge on any atom is -0.496 e. The van der Waals surface area contributed by atoms with Gasteiger partial charge >= 0.3 is 0 Å². The predicted molar refractivity (Wildman–Crippen MR) is 113 cm³/mol. The highest BCUT2D eigenvalue weighted by molar-refractivity contribution is 14.0. The topological polar surface area (TPSA) is 36.9 Å². The Hall–Kier alpha value is -0.980. The van der Waals surface area contributed by atoms with Crippen molar-refractivity contribution in [3.8, 4) is 5.75 Å². The Balaban J connectivity index is 0.00000288. The van der Waals surface area contributed by atoms with E-state index in [9.17, 15) is 0 Å². The molecule has 5 heteroatoms. The van der Waals surface area contributed by atoms with E-state index in [1.165, 1.54) is 31.2 Å². The Bertz CT molecular complexity index is 529. The van der Waals surface area contributed by atoms with Crippen LogP contribution < -0.4 is 10.1 Å². The summed E-state index contributed by atoms with van der Waals surface area (Å²) in [5.41, 5.74) is 1.47. The maximum atomic E-state index is 5.55. The number of nitrogens with one attached hydrogen (secondary N) is 1. The summed E-state index contributed by atoms with van der Waals surface area (Å²) in [6, 6.07) is 8.37. The lowest BCUT2D eigenvalue weighted by Crippen LogP contribution is -2.40. The third kappa shape index (κ3) is 5.26. The van der Waals surface area contributed by atoms with Crippen LogP contribution in [-0.4, -0.2) is 44.7 Å². The smallest absolute Gasteiger partial charge is 0.193 e. The van der Waals surface area contributed by atoms with Crippen molar-refractivity contribution in [3.63, 3.8) is 0 Å². The summed E-state index contributed by atoms with van der Waals surface area (Å²) in [5.74, 6) is 2.01. The van der Waals surface area contributed by atoms with Crippen molar-refractivity contribution in [3.05, 3.63) is 29.8 Å². The van der Waals surface area contributed by atoms with Crippen molar-refractivity contribution in [2.75, 3.05) is 33.8 Å². The maximum absolute atomic E-state index is 5.55. The lowest BCUT2D eigenvalue weighted by Gasteiger charge is -2.23. The van der Waals surface area contributed by atoms with Gasteiger partial charge in [-0.05, 0) is 32.3 Å². The number of nitrogens with zero attached hydrogens (tertiary/aromatic N) is 2. The average molecular weight is 445 g/mol. The first-order valence-electron chi connectivity index (χ1n) is 8.80. The van der Waals surface area contributed by atoms with Crippen molar-refractivity contribution < 1.29 is 4.74 Å². The molecule has 1 fully saturated rings. The van der Waals surface area contributed by atoms with Gasteiger partial charge in [-0.1, -0.05) is 31.5 Å². The number of ether oxygens (including phenoxy) is 1. The van der Waals surface area contributed by atoms with Crippen LogP contribution in [0.4, 0.5) is 0 Å². The number of benzene rings is 1. The van der Waals surface area contributed by atoms with Crippen LogP contribution in [0.1, 0.15) is 45.1 Å². The number of aliphatic imine (C=N–C) groups is 1. The molecule has 2 rings (SSSR count). The SMILES string of the molecule is CCCCN(C)C(=NCC1(c2ccccc2OC)CC1)NCC.I. The molecule has 1 aromatic rings. The molecule has 1 N–H and O–H groups in total. The Morgan fingerprint density at radius 3 is 2.58 bits per heavy atom. The molecular formula is C19H32IN3O. The summed E-state index contributed by atoms with van der Waals surface area (Å²) in [6.45, 7) is 7.11. The monoisotopic (exact) mass is 445 g/mol. The lowest BCUT2D eigenvalue weighted by atomic mass is 9.95. The molecule has 1 aromatic carbocycles. The normalized spacial score (nSPS) is 15.4. The molecular weight excluding hydrogens is 413 g/mol. The molecule has 4 nitrogen and oxygen atoms in total. The van der Waals surface area contributed by atoms with Crippen molar-refractivity contribution in [2.24, 2.45) is 4.99 Å². The highest BCUT2D eigenvalue weighted by Gasteiger charge is 2.46. The van der Waals surface area contributed by atoms with Crippen molar-refractivity contribution in [2.45, 2.75) is 44.9 Å². The van der Waals surface area contributed by atoms with Crippen LogP contribution in [-0.2, 0) is 5.41 Å². The Morgan fingerprint density at radius 2 is 2.00 bits per heavy atom. The summed E-state index contributed by atoms with van der Waals surface area (Å²) >= 11 is 0. The fourth-order valence-corrected chi connectivity index (χ4v) is 2.94. The van der Waals surface area contributed by atoms with Gasteiger partial charge in [-0.25, -0.2) is 0 Å². The zero-order chi connectivity index (χ0) is 16.7. The van der Waals surface area contributed by atoms with Crippen LogP contribution in [0.2, 0.25) is 0 Å². The van der Waals surface area contributed by atoms with E-state index in [2.05, 4.69) is 49.3 Å². The molecule has 1 aliphatic carbocycles. The molecule has 0 aliphatic heterocycles. The molecule has 0 amide bonds. The van der Waals surface area contributed by atoms with Crippen LogP contribution in [0, 0.1) is 0 Å². The first kappa shape index (κ1) is 21.1. The van der Waals surface area contributed by atoms with E-state index in [1.54, 1.807) is 7.11 Å². The highest BCUT2D eigenvalue weighted by Crippen LogP contribution is 2.51. The molecule has 0 unspecified atom stereocenters. The number of guanidine groups is 1. The van der Waals surface area contributed by atoms with Crippen molar-refractivity contribution in [1.82, 2.24) is 10.2 Å². The number of hydrogen-bond acceptors (Lipinski definition) is 2. The summed E-state index contributed by atoms with van der Waals surface area (Å²) < 4.78 is 5.55. The number of rotatable bonds is 8. The van der Waals surface area contributed by atoms with E-state index in [0.717, 1.165) is 31.3 Å². The van der Waals surface area contributed by atoms with Gasteiger partial charge in [-0.2, -0.15) is 0 Å². The summed E-state index contributed by atoms with van der Waals surface area (Å²) in [7, 11) is 3.88. The Labute approximate surface area is 164 Å². The fraction of sp³-hybridized carbons (Fsp3) is 0.632. The second-order valence-corrected chi connectivity index (χ2v) is 6.43. The highest BCUT2D eigenvalue weighted by atomic mass is 127. The number of para-hydroxylation sites is 1. The second kappa shape index (κ2) is 10.1. The summed E-state index contributed by atoms with van der Waals surface area (Å²) in [6.07, 6.45) is 4.78. The molecule has 24 heavy (non-hydrogen) atoms. The van der Waals surface area contributed by atoms with Crippen LogP contribution in [0.3, 0.4) is 0 Å². The third-order valence-electron chi connectivity index (χ3n) is 4.61. The van der Waals surface area contributed by atoms with E-state index in [4.69, 9.17) is 9.73 Å². The Kier molecular flexibility index (Phi) is 8.87. The maximum Gasteiger partial charge on any atom is 0.193 e. The number of hydrogen-bond donors (Lipinski definition) is 1. The Morgan fingerprint density at radius 1 is 1.29 bits per heavy atom. The van der Waals surface area contributed by atoms with Gasteiger partial charge in [0.05, 0.1) is 13.7 Å². The van der Waals surface area contributed by atoms with E-state index in [-0.39, 0.29) is 29.4 Å². The molecule has 0 saturated heterocycles. The molecule has 1 saturated carbocycles. The molecule has 0 aromatic heterocycles. The molecule has 0 spiro atoms. The molecule has 0 heterocycles. The van der Waals surface area contributed by atoms with Crippen molar-refractivity contribution >= 4 is 29.9 Å². The van der Waals surface area contributed by atoms with Gasteiger partial charge in [0.1, 0.15) is 5.75 Å². The standard InChI is InChI=1S/C19H31N3O.HI/c1-5-7-14-22(3)18(20-6-2)21-15-19(12-13-19)16-10-8-9-11-17(16)23-4;/h8-11H,5-7,12-15H2,1-4H3,(H,20,21);1H. The van der Waals surface area contributed by atoms with E-state index in [1.807, 2.05) is 6.07 Å². The van der Waals surface area contributed by atoms with E-state index >= 15 is 0 Å². The largest absolute Gasteiger partial charge is 0.496 e. The quantitative estimate of drug-likeness (QED) is 0.373. The number of halogens is 1. The van der Waals surface area contributed by atoms with Gasteiger partial charge in [0.25, 0.3) is 0 Å². The minimum atomic E-state index is 0. The molecule has 0 radical (unpaired) electrons. The van der Waals surface area contributed by atoms with E-state index in [0.29, 0.717) is 0 Å². The first-order chi connectivity index (χ1) is 11.2. The third-order valence-corrected chi connectivity index (χ3v) is 4.61. The molecule has 1 aliphatic rings. The average Bonchev–Trinajstić information content (AvgIpc) is 3.37. The zero-order valence-electron chi connectivity index (χ0n) is 15.5. The number of unbranched alkanes of at least 4 members (excludes halogenated alkanes) is 1. The second-order valence-electron chi connectivity index (χ2n) is 6.43. The van der Waals surface area contributed by atoms with Gasteiger partial charge < -0.3 is 15.0 Å². The van der Waals surface area contributed by atoms with Gasteiger partial charge in [-0.15, -0.1) is 24.0 Å². The zero-order valence-corrected chi connectivity index (χ0v) is 17.8. The molecule has 0 atom stereocenters. The van der Waals surface area contributed by atoms with E-state index < -0.39 is 0 Å². The van der Waals surface area contributed by atoms with Gasteiger partial charge in [0.15, 0.2) is 5.96 Å². The van der Waals surface area contributed by atoms with Crippen molar-refractivity contribution in [1.29, 1.82) is 0 Å². The van der Waals surface area contributed by atoms with Crippen LogP contribution in [0.15, 0.2) is 29.3 Å². The molecule has 0 bridgehead atoms. The van der Waals surface area contributed by atoms with Crippen LogP contribution >= 0.6 is 24.0 Å². The molecule has 136 valence electrons. The first-order valence-corrected chi connectivity index (χ1v) is 8.80. The summed E-state index contributed by atoms with van der Waals surface area (Å²) in [5, 5.41) is 3.42. The summed E-state index contributed by atoms with van der Waals surface area (Å²) in [4.78, 5) is 7.17. The predicted octanol–water partition coefficient (Wildman–Crippen LogP) is 4.04. The fourth-order valence-electron chi connectivity index (χ4n) is 2.94. The van der Waals surface area contributed by atoms with Crippen LogP contribution in [0.5, 0.6) is 5.75 Å².